The van der Waals surface area contributed by atoms with Gasteiger partial charge in [0.25, 0.3) is 5.91 Å². The van der Waals surface area contributed by atoms with E-state index < -0.39 is 18.5 Å². The molecule has 158 valence electrons. The van der Waals surface area contributed by atoms with E-state index in [-0.39, 0.29) is 17.8 Å². The normalized spacial score (nSPS) is 11.5. The molecule has 6 heteroatoms. The maximum Gasteiger partial charge on any atom is 0.375 e. The Kier molecular flexibility index (Phi) is 6.57. The molecule has 6 nitrogen and oxygen atoms in total. The number of esters is 1. The Balaban J connectivity index is 1.64. The Labute approximate surface area is 176 Å². The molecule has 0 aliphatic heterocycles. The van der Waals surface area contributed by atoms with Crippen molar-refractivity contribution in [3.05, 3.63) is 65.4 Å². The zero-order valence-corrected chi connectivity index (χ0v) is 17.8. The van der Waals surface area contributed by atoms with Crippen molar-refractivity contribution < 1.29 is 23.5 Å². The molecule has 30 heavy (non-hydrogen) atoms. The van der Waals surface area contributed by atoms with Crippen molar-refractivity contribution in [1.29, 1.82) is 0 Å². The van der Waals surface area contributed by atoms with Crippen LogP contribution in [-0.2, 0) is 26.3 Å². The maximum absolute atomic E-state index is 12.6. The van der Waals surface area contributed by atoms with Gasteiger partial charge in [-0.25, -0.2) is 4.79 Å². The van der Waals surface area contributed by atoms with Crippen LogP contribution in [0, 0.1) is 0 Å². The first-order chi connectivity index (χ1) is 14.3. The Hall–Kier alpha value is -3.12. The molecule has 3 rings (SSSR count). The van der Waals surface area contributed by atoms with E-state index in [0.29, 0.717) is 23.4 Å². The summed E-state index contributed by atoms with van der Waals surface area (Å²) >= 11 is 0. The minimum Gasteiger partial charge on any atom is -0.450 e. The molecule has 0 aliphatic carbocycles. The number of anilines is 1. The quantitative estimate of drug-likeness (QED) is 0.552. The van der Waals surface area contributed by atoms with Gasteiger partial charge < -0.3 is 19.2 Å². The van der Waals surface area contributed by atoms with E-state index in [1.807, 2.05) is 49.4 Å². The third-order valence-electron chi connectivity index (χ3n) is 4.70. The number of hydrogen-bond donors (Lipinski definition) is 1. The number of amides is 1. The Bertz CT molecular complexity index is 1030. The average Bonchev–Trinajstić information content (AvgIpc) is 3.09. The van der Waals surface area contributed by atoms with Gasteiger partial charge in [-0.05, 0) is 36.1 Å². The predicted octanol–water partition coefficient (Wildman–Crippen LogP) is 5.06. The van der Waals surface area contributed by atoms with Crippen LogP contribution < -0.4 is 5.32 Å². The number of rotatable bonds is 7. The van der Waals surface area contributed by atoms with E-state index in [9.17, 15) is 9.59 Å². The van der Waals surface area contributed by atoms with Gasteiger partial charge in [-0.15, -0.1) is 0 Å². The highest BCUT2D eigenvalue weighted by Gasteiger charge is 2.22. The van der Waals surface area contributed by atoms with E-state index in [0.717, 1.165) is 5.39 Å². The molecule has 0 saturated carbocycles. The number of ether oxygens (including phenoxy) is 2. The third-order valence-corrected chi connectivity index (χ3v) is 4.70. The summed E-state index contributed by atoms with van der Waals surface area (Å²) in [5.41, 5.74) is 3.03. The molecule has 0 unspecified atom stereocenters. The first-order valence-electron chi connectivity index (χ1n) is 9.95. The van der Waals surface area contributed by atoms with Gasteiger partial charge in [0.2, 0.25) is 5.76 Å². The fraction of sp³-hybridized carbons (Fsp3) is 0.333. The predicted molar refractivity (Wildman–Crippen MR) is 116 cm³/mol. The molecular formula is C24H27NO5. The molecular weight excluding hydrogens is 382 g/mol. The highest BCUT2D eigenvalue weighted by atomic mass is 16.5. The van der Waals surface area contributed by atoms with Crippen LogP contribution in [0.25, 0.3) is 11.0 Å². The lowest BCUT2D eigenvalue weighted by Gasteiger charge is -2.19. The van der Waals surface area contributed by atoms with E-state index in [1.54, 1.807) is 6.07 Å². The summed E-state index contributed by atoms with van der Waals surface area (Å²) in [5.74, 6) is -1.06. The number of hydrogen-bond acceptors (Lipinski definition) is 5. The molecule has 3 aromatic rings. The number of nitrogens with one attached hydrogen (secondary N) is 1. The van der Waals surface area contributed by atoms with Crippen LogP contribution in [0.4, 0.5) is 5.69 Å². The molecule has 1 N–H and O–H groups in total. The summed E-state index contributed by atoms with van der Waals surface area (Å²) in [5, 5.41) is 3.52. The molecule has 0 spiro atoms. The molecule has 0 fully saturated rings. The number of furan rings is 1. The number of carbonyl (C=O) groups is 2. The highest BCUT2D eigenvalue weighted by Crippen LogP contribution is 2.27. The number of carbonyl (C=O) groups excluding carboxylic acids is 2. The molecule has 0 bridgehead atoms. The van der Waals surface area contributed by atoms with Crippen LogP contribution in [-0.4, -0.2) is 25.1 Å². The van der Waals surface area contributed by atoms with Gasteiger partial charge in [0.15, 0.2) is 6.61 Å². The SMILES string of the molecule is CCOCc1c(C(=O)OCC(=O)Nc2ccc(C(C)(C)C)cc2)oc2ccccc12. The van der Waals surface area contributed by atoms with Crippen LogP contribution in [0.1, 0.15) is 49.4 Å². The lowest BCUT2D eigenvalue weighted by atomic mass is 9.87. The molecule has 0 atom stereocenters. The van der Waals surface area contributed by atoms with E-state index in [1.165, 1.54) is 5.56 Å². The molecule has 0 radical (unpaired) electrons. The lowest BCUT2D eigenvalue weighted by Crippen LogP contribution is -2.21. The fourth-order valence-electron chi connectivity index (χ4n) is 3.06. The lowest BCUT2D eigenvalue weighted by molar-refractivity contribution is -0.119. The fourth-order valence-corrected chi connectivity index (χ4v) is 3.06. The minimum atomic E-state index is -0.695. The Morgan fingerprint density at radius 1 is 1.03 bits per heavy atom. The van der Waals surface area contributed by atoms with E-state index in [2.05, 4.69) is 26.1 Å². The van der Waals surface area contributed by atoms with Gasteiger partial charge in [0.1, 0.15) is 5.58 Å². The second kappa shape index (κ2) is 9.13. The zero-order chi connectivity index (χ0) is 21.7. The van der Waals surface area contributed by atoms with Crippen molar-refractivity contribution in [2.24, 2.45) is 0 Å². The molecule has 0 saturated heterocycles. The van der Waals surface area contributed by atoms with Crippen molar-refractivity contribution >= 4 is 28.5 Å². The topological polar surface area (TPSA) is 77.8 Å². The van der Waals surface area contributed by atoms with Crippen LogP contribution in [0.3, 0.4) is 0 Å². The second-order valence-electron chi connectivity index (χ2n) is 7.99. The Morgan fingerprint density at radius 2 is 1.73 bits per heavy atom. The van der Waals surface area contributed by atoms with Crippen molar-refractivity contribution in [3.8, 4) is 0 Å². The number of para-hydroxylation sites is 1. The Morgan fingerprint density at radius 3 is 2.40 bits per heavy atom. The number of fused-ring (bicyclic) bond motifs is 1. The monoisotopic (exact) mass is 409 g/mol. The van der Waals surface area contributed by atoms with Crippen molar-refractivity contribution in [3.63, 3.8) is 0 Å². The molecule has 1 heterocycles. The van der Waals surface area contributed by atoms with Crippen LogP contribution >= 0.6 is 0 Å². The summed E-state index contributed by atoms with van der Waals surface area (Å²) in [6.45, 7) is 8.56. The summed E-state index contributed by atoms with van der Waals surface area (Å²) in [4.78, 5) is 24.8. The van der Waals surface area contributed by atoms with Crippen molar-refractivity contribution in [2.75, 3.05) is 18.5 Å². The summed E-state index contributed by atoms with van der Waals surface area (Å²) in [7, 11) is 0. The largest absolute Gasteiger partial charge is 0.450 e. The first kappa shape index (κ1) is 21.6. The smallest absolute Gasteiger partial charge is 0.375 e. The van der Waals surface area contributed by atoms with Crippen molar-refractivity contribution in [1.82, 2.24) is 0 Å². The highest BCUT2D eigenvalue weighted by molar-refractivity contribution is 5.98. The molecule has 1 aromatic heterocycles. The minimum absolute atomic E-state index is 0.0316. The van der Waals surface area contributed by atoms with Gasteiger partial charge in [-0.2, -0.15) is 0 Å². The maximum atomic E-state index is 12.6. The van der Waals surface area contributed by atoms with Gasteiger partial charge in [-0.1, -0.05) is 51.1 Å². The van der Waals surface area contributed by atoms with Gasteiger partial charge >= 0.3 is 5.97 Å². The van der Waals surface area contributed by atoms with Crippen LogP contribution in [0.15, 0.2) is 52.9 Å². The summed E-state index contributed by atoms with van der Waals surface area (Å²) in [6, 6.07) is 14.9. The van der Waals surface area contributed by atoms with Crippen molar-refractivity contribution in [2.45, 2.75) is 39.7 Å². The standard InChI is InChI=1S/C24H27NO5/c1-5-28-14-19-18-8-6-7-9-20(18)30-22(19)23(27)29-15-21(26)25-17-12-10-16(11-13-17)24(2,3)4/h6-13H,5,14-15H2,1-4H3,(H,25,26). The average molecular weight is 409 g/mol. The summed E-state index contributed by atoms with van der Waals surface area (Å²) in [6.07, 6.45) is 0. The van der Waals surface area contributed by atoms with Crippen LogP contribution in [0.2, 0.25) is 0 Å². The zero-order valence-electron chi connectivity index (χ0n) is 17.8. The first-order valence-corrected chi connectivity index (χ1v) is 9.95. The van der Waals surface area contributed by atoms with Gasteiger partial charge in [0, 0.05) is 23.2 Å². The second-order valence-corrected chi connectivity index (χ2v) is 7.99. The third kappa shape index (κ3) is 5.07. The molecule has 0 aliphatic rings. The van der Waals surface area contributed by atoms with Crippen LogP contribution in [0.5, 0.6) is 0 Å². The van der Waals surface area contributed by atoms with Gasteiger partial charge in [-0.3, -0.25) is 4.79 Å². The van der Waals surface area contributed by atoms with E-state index in [4.69, 9.17) is 13.9 Å². The van der Waals surface area contributed by atoms with Gasteiger partial charge in [0.05, 0.1) is 6.61 Å². The summed E-state index contributed by atoms with van der Waals surface area (Å²) < 4.78 is 16.3. The molecule has 1 amide bonds. The van der Waals surface area contributed by atoms with E-state index >= 15 is 0 Å². The molecule has 2 aromatic carbocycles. The number of benzene rings is 2.